The minimum atomic E-state index is -0.716. The maximum absolute atomic E-state index is 10.7. The van der Waals surface area contributed by atoms with Crippen molar-refractivity contribution in [2.75, 3.05) is 6.54 Å². The van der Waals surface area contributed by atoms with Gasteiger partial charge in [0.1, 0.15) is 0 Å². The van der Waals surface area contributed by atoms with Crippen LogP contribution < -0.4 is 5.73 Å². The molecule has 2 unspecified atom stereocenters. The fourth-order valence-corrected chi connectivity index (χ4v) is 2.56. The van der Waals surface area contributed by atoms with E-state index in [-0.39, 0.29) is 24.2 Å². The summed E-state index contributed by atoms with van der Waals surface area (Å²) in [5.41, 5.74) is 5.56. The van der Waals surface area contributed by atoms with Gasteiger partial charge in [-0.15, -0.1) is 12.4 Å². The fraction of sp³-hybridized carbons (Fsp3) is 0.900. The maximum atomic E-state index is 10.7. The van der Waals surface area contributed by atoms with Gasteiger partial charge < -0.3 is 10.8 Å². The Labute approximate surface area is 91.5 Å². The summed E-state index contributed by atoms with van der Waals surface area (Å²) >= 11 is 0. The predicted octanol–water partition coefficient (Wildman–Crippen LogP) is 1.89. The molecular weight excluding hydrogens is 202 g/mol. The summed E-state index contributed by atoms with van der Waals surface area (Å²) in [6, 6.07) is 0. The molecule has 0 radical (unpaired) electrons. The molecule has 0 bridgehead atoms. The van der Waals surface area contributed by atoms with Crippen molar-refractivity contribution in [3.8, 4) is 0 Å². The van der Waals surface area contributed by atoms with Crippen LogP contribution in [0.4, 0.5) is 0 Å². The summed E-state index contributed by atoms with van der Waals surface area (Å²) in [6.07, 6.45) is 2.17. The van der Waals surface area contributed by atoms with Gasteiger partial charge in [-0.1, -0.05) is 13.8 Å². The molecule has 3 N–H and O–H groups in total. The zero-order valence-electron chi connectivity index (χ0n) is 8.82. The molecule has 0 spiro atoms. The first-order valence-electron chi connectivity index (χ1n) is 4.91. The number of rotatable bonds is 3. The van der Waals surface area contributed by atoms with E-state index >= 15 is 0 Å². The van der Waals surface area contributed by atoms with Crippen LogP contribution in [0.1, 0.15) is 33.1 Å². The highest BCUT2D eigenvalue weighted by Crippen LogP contribution is 2.46. The zero-order chi connectivity index (χ0) is 10.1. The molecule has 0 saturated heterocycles. The van der Waals surface area contributed by atoms with Crippen LogP contribution in [-0.2, 0) is 4.79 Å². The van der Waals surface area contributed by atoms with E-state index in [9.17, 15) is 4.79 Å². The quantitative estimate of drug-likeness (QED) is 0.765. The summed E-state index contributed by atoms with van der Waals surface area (Å²) in [5, 5.41) is 8.79. The van der Waals surface area contributed by atoms with Crippen molar-refractivity contribution in [3.63, 3.8) is 0 Å². The normalized spacial score (nSPS) is 36.5. The SMILES string of the molecule is CC1CC(CN)(CC(=O)O)CC1C.Cl. The number of carbonyl (C=O) groups is 1. The van der Waals surface area contributed by atoms with E-state index in [4.69, 9.17) is 10.8 Å². The molecule has 1 aliphatic rings. The van der Waals surface area contributed by atoms with Gasteiger partial charge in [-0.05, 0) is 36.6 Å². The van der Waals surface area contributed by atoms with Gasteiger partial charge in [0.05, 0.1) is 6.42 Å². The molecule has 1 aliphatic carbocycles. The third-order valence-corrected chi connectivity index (χ3v) is 3.44. The number of hydrogen-bond acceptors (Lipinski definition) is 2. The lowest BCUT2D eigenvalue weighted by molar-refractivity contribution is -0.139. The molecule has 1 fully saturated rings. The molecule has 2 atom stereocenters. The number of carboxylic acids is 1. The number of hydrogen-bond donors (Lipinski definition) is 2. The zero-order valence-corrected chi connectivity index (χ0v) is 9.64. The average molecular weight is 222 g/mol. The Balaban J connectivity index is 0.00000169. The van der Waals surface area contributed by atoms with Gasteiger partial charge in [0.25, 0.3) is 0 Å². The van der Waals surface area contributed by atoms with Crippen LogP contribution in [0, 0.1) is 17.3 Å². The molecule has 1 rings (SSSR count). The minimum Gasteiger partial charge on any atom is -0.481 e. The Morgan fingerprint density at radius 2 is 1.86 bits per heavy atom. The summed E-state index contributed by atoms with van der Waals surface area (Å²) in [5.74, 6) is 0.512. The van der Waals surface area contributed by atoms with Gasteiger partial charge in [-0.25, -0.2) is 0 Å². The first-order chi connectivity index (χ1) is 5.99. The minimum absolute atomic E-state index is 0. The molecule has 0 aromatic heterocycles. The van der Waals surface area contributed by atoms with E-state index in [1.165, 1.54) is 0 Å². The third kappa shape index (κ3) is 2.85. The number of carboxylic acid groups (broad SMARTS) is 1. The molecule has 0 amide bonds. The van der Waals surface area contributed by atoms with Gasteiger partial charge in [-0.3, -0.25) is 4.79 Å². The predicted molar refractivity (Wildman–Crippen MR) is 58.6 cm³/mol. The van der Waals surface area contributed by atoms with Crippen LogP contribution in [0.15, 0.2) is 0 Å². The number of aliphatic carboxylic acids is 1. The van der Waals surface area contributed by atoms with Gasteiger partial charge in [0.2, 0.25) is 0 Å². The molecule has 1 saturated carbocycles. The second kappa shape index (κ2) is 4.99. The van der Waals surface area contributed by atoms with Crippen LogP contribution in [0.5, 0.6) is 0 Å². The molecule has 84 valence electrons. The topological polar surface area (TPSA) is 63.3 Å². The molecule has 0 aromatic rings. The average Bonchev–Trinajstić information content (AvgIpc) is 2.27. The van der Waals surface area contributed by atoms with Crippen molar-refractivity contribution in [2.24, 2.45) is 23.0 Å². The molecule has 3 nitrogen and oxygen atoms in total. The lowest BCUT2D eigenvalue weighted by atomic mass is 9.82. The first kappa shape index (κ1) is 13.7. The van der Waals surface area contributed by atoms with Crippen molar-refractivity contribution in [2.45, 2.75) is 33.1 Å². The fourth-order valence-electron chi connectivity index (χ4n) is 2.56. The van der Waals surface area contributed by atoms with Gasteiger partial charge in [0, 0.05) is 0 Å². The van der Waals surface area contributed by atoms with Crippen molar-refractivity contribution < 1.29 is 9.90 Å². The molecule has 0 aromatic carbocycles. The standard InChI is InChI=1S/C10H19NO2.ClH/c1-7-3-10(6-11,4-8(7)2)5-9(12)13;/h7-8H,3-6,11H2,1-2H3,(H,12,13);1H. The van der Waals surface area contributed by atoms with Gasteiger partial charge in [-0.2, -0.15) is 0 Å². The number of nitrogens with two attached hydrogens (primary N) is 1. The molecule has 0 heterocycles. The lowest BCUT2D eigenvalue weighted by Gasteiger charge is -2.25. The maximum Gasteiger partial charge on any atom is 0.303 e. The smallest absolute Gasteiger partial charge is 0.303 e. The Morgan fingerprint density at radius 1 is 1.43 bits per heavy atom. The molecule has 0 aliphatic heterocycles. The Bertz CT molecular complexity index is 198. The number of halogens is 1. The van der Waals surface area contributed by atoms with Crippen molar-refractivity contribution in [1.29, 1.82) is 0 Å². The van der Waals surface area contributed by atoms with Gasteiger partial charge in [0.15, 0.2) is 0 Å². The van der Waals surface area contributed by atoms with Crippen LogP contribution in [-0.4, -0.2) is 17.6 Å². The third-order valence-electron chi connectivity index (χ3n) is 3.44. The van der Waals surface area contributed by atoms with Crippen molar-refractivity contribution in [3.05, 3.63) is 0 Å². The molecule has 4 heteroatoms. The van der Waals surface area contributed by atoms with E-state index in [1.807, 2.05) is 0 Å². The van der Waals surface area contributed by atoms with E-state index < -0.39 is 5.97 Å². The van der Waals surface area contributed by atoms with Crippen molar-refractivity contribution in [1.82, 2.24) is 0 Å². The lowest BCUT2D eigenvalue weighted by Crippen LogP contribution is -2.30. The highest BCUT2D eigenvalue weighted by atomic mass is 35.5. The largest absolute Gasteiger partial charge is 0.481 e. The van der Waals surface area contributed by atoms with Crippen LogP contribution >= 0.6 is 12.4 Å². The summed E-state index contributed by atoms with van der Waals surface area (Å²) in [6.45, 7) is 4.88. The second-order valence-electron chi connectivity index (χ2n) is 4.64. The first-order valence-corrected chi connectivity index (χ1v) is 4.91. The van der Waals surface area contributed by atoms with E-state index in [1.54, 1.807) is 0 Å². The molecule has 14 heavy (non-hydrogen) atoms. The Hall–Kier alpha value is -0.280. The highest BCUT2D eigenvalue weighted by Gasteiger charge is 2.41. The van der Waals surface area contributed by atoms with Gasteiger partial charge >= 0.3 is 5.97 Å². The summed E-state index contributed by atoms with van der Waals surface area (Å²) < 4.78 is 0. The van der Waals surface area contributed by atoms with Crippen LogP contribution in [0.25, 0.3) is 0 Å². The van der Waals surface area contributed by atoms with Crippen molar-refractivity contribution >= 4 is 18.4 Å². The van der Waals surface area contributed by atoms with E-state index in [2.05, 4.69) is 13.8 Å². The van der Waals surface area contributed by atoms with E-state index in [0.29, 0.717) is 18.4 Å². The summed E-state index contributed by atoms with van der Waals surface area (Å²) in [7, 11) is 0. The monoisotopic (exact) mass is 221 g/mol. The highest BCUT2D eigenvalue weighted by molar-refractivity contribution is 5.85. The van der Waals surface area contributed by atoms with Crippen LogP contribution in [0.2, 0.25) is 0 Å². The second-order valence-corrected chi connectivity index (χ2v) is 4.64. The van der Waals surface area contributed by atoms with Crippen LogP contribution in [0.3, 0.4) is 0 Å². The Morgan fingerprint density at radius 3 is 2.14 bits per heavy atom. The molecular formula is C10H20ClNO2. The van der Waals surface area contributed by atoms with E-state index in [0.717, 1.165) is 12.8 Å². The Kier molecular flexibility index (Phi) is 4.89. The summed E-state index contributed by atoms with van der Waals surface area (Å²) in [4.78, 5) is 10.7.